The number of nitrogens with zero attached hydrogens (tertiary/aromatic N) is 4. The second-order valence-electron chi connectivity index (χ2n) is 4.08. The van der Waals surface area contributed by atoms with Crippen molar-refractivity contribution >= 4 is 35.0 Å². The van der Waals surface area contributed by atoms with Gasteiger partial charge in [0.05, 0.1) is 22.0 Å². The highest BCUT2D eigenvalue weighted by Crippen LogP contribution is 2.38. The maximum Gasteiger partial charge on any atom is 0.418 e. The summed E-state index contributed by atoms with van der Waals surface area (Å²) in [5, 5.41) is 13.0. The second kappa shape index (κ2) is 6.53. The molecule has 1 aromatic heterocycles. The summed E-state index contributed by atoms with van der Waals surface area (Å²) in [5.41, 5.74) is -1.46. The highest BCUT2D eigenvalue weighted by Gasteiger charge is 2.34. The predicted molar refractivity (Wildman–Crippen MR) is 74.6 cm³/mol. The maximum absolute atomic E-state index is 12.9. The zero-order chi connectivity index (χ0) is 16.3. The first-order valence-electron chi connectivity index (χ1n) is 5.79. The van der Waals surface area contributed by atoms with Crippen LogP contribution in [-0.4, -0.2) is 31.9 Å². The summed E-state index contributed by atoms with van der Waals surface area (Å²) in [6.07, 6.45) is -4.62. The smallest absolute Gasteiger partial charge is 0.324 e. The molecule has 11 heteroatoms. The lowest BCUT2D eigenvalue weighted by Crippen LogP contribution is -2.18. The molecule has 118 valence electrons. The van der Waals surface area contributed by atoms with Crippen molar-refractivity contribution in [3.63, 3.8) is 0 Å². The maximum atomic E-state index is 12.9. The number of aryl methyl sites for hydroxylation is 1. The first-order chi connectivity index (χ1) is 10.3. The van der Waals surface area contributed by atoms with Crippen molar-refractivity contribution in [1.29, 1.82) is 0 Å². The number of thioether (sulfide) groups is 1. The molecule has 2 rings (SSSR count). The highest BCUT2D eigenvalue weighted by atomic mass is 35.5. The van der Waals surface area contributed by atoms with Crippen molar-refractivity contribution in [1.82, 2.24) is 20.2 Å². The van der Waals surface area contributed by atoms with E-state index in [-0.39, 0.29) is 10.8 Å². The number of nitrogens with one attached hydrogen (secondary N) is 1. The molecular formula is C11H9ClF3N5OS. The van der Waals surface area contributed by atoms with Crippen LogP contribution in [0.4, 0.5) is 18.9 Å². The third-order valence-corrected chi connectivity index (χ3v) is 3.82. The number of anilines is 1. The minimum Gasteiger partial charge on any atom is -0.324 e. The molecule has 0 atom stereocenters. The van der Waals surface area contributed by atoms with Crippen LogP contribution >= 0.6 is 23.4 Å². The molecule has 2 aromatic rings. The standard InChI is InChI=1S/C11H9ClF3N5OS/c1-20-10(17-18-19-20)22-5-8(21)16-9-6(11(13,14)15)3-2-4-7(9)12/h2-4H,5H2,1H3,(H,16,21). The fourth-order valence-electron chi connectivity index (χ4n) is 1.54. The van der Waals surface area contributed by atoms with Crippen LogP contribution < -0.4 is 5.32 Å². The van der Waals surface area contributed by atoms with Crippen LogP contribution in [0.1, 0.15) is 5.56 Å². The average molecular weight is 352 g/mol. The van der Waals surface area contributed by atoms with Gasteiger partial charge in [-0.25, -0.2) is 4.68 Å². The Morgan fingerprint density at radius 2 is 2.18 bits per heavy atom. The fraction of sp³-hybridized carbons (Fsp3) is 0.273. The number of aromatic nitrogens is 4. The molecular weight excluding hydrogens is 343 g/mol. The van der Waals surface area contributed by atoms with E-state index in [1.165, 1.54) is 16.8 Å². The third kappa shape index (κ3) is 3.89. The number of carbonyl (C=O) groups is 1. The zero-order valence-corrected chi connectivity index (χ0v) is 12.6. The molecule has 0 fully saturated rings. The Kier molecular flexibility index (Phi) is 4.91. The molecule has 0 radical (unpaired) electrons. The Bertz CT molecular complexity index is 691. The quantitative estimate of drug-likeness (QED) is 0.857. The van der Waals surface area contributed by atoms with Gasteiger partial charge in [0.1, 0.15) is 0 Å². The molecule has 1 N–H and O–H groups in total. The van der Waals surface area contributed by atoms with E-state index in [4.69, 9.17) is 11.6 Å². The summed E-state index contributed by atoms with van der Waals surface area (Å²) in [5.74, 6) is -0.803. The molecule has 22 heavy (non-hydrogen) atoms. The summed E-state index contributed by atoms with van der Waals surface area (Å²) < 4.78 is 40.0. The lowest BCUT2D eigenvalue weighted by Gasteiger charge is -2.14. The molecule has 0 bridgehead atoms. The molecule has 0 aliphatic rings. The highest BCUT2D eigenvalue weighted by molar-refractivity contribution is 7.99. The van der Waals surface area contributed by atoms with Crippen LogP contribution in [0.5, 0.6) is 0 Å². The number of benzene rings is 1. The van der Waals surface area contributed by atoms with Crippen molar-refractivity contribution in [2.45, 2.75) is 11.3 Å². The number of hydrogen-bond acceptors (Lipinski definition) is 5. The lowest BCUT2D eigenvalue weighted by atomic mass is 10.1. The van der Waals surface area contributed by atoms with E-state index in [0.717, 1.165) is 17.8 Å². The van der Waals surface area contributed by atoms with Gasteiger partial charge in [0.2, 0.25) is 11.1 Å². The molecule has 0 spiro atoms. The second-order valence-corrected chi connectivity index (χ2v) is 5.43. The third-order valence-electron chi connectivity index (χ3n) is 2.50. The predicted octanol–water partition coefficient (Wildman–Crippen LogP) is 2.61. The first kappa shape index (κ1) is 16.6. The number of rotatable bonds is 4. The minimum atomic E-state index is -4.62. The van der Waals surface area contributed by atoms with Crippen molar-refractivity contribution in [2.24, 2.45) is 7.05 Å². The van der Waals surface area contributed by atoms with Crippen molar-refractivity contribution in [3.05, 3.63) is 28.8 Å². The summed E-state index contributed by atoms with van der Waals surface area (Å²) in [6, 6.07) is 3.29. The molecule has 6 nitrogen and oxygen atoms in total. The molecule has 1 heterocycles. The summed E-state index contributed by atoms with van der Waals surface area (Å²) >= 11 is 6.74. The van der Waals surface area contributed by atoms with Gasteiger partial charge in [-0.3, -0.25) is 4.79 Å². The molecule has 0 aliphatic carbocycles. The Balaban J connectivity index is 2.10. The fourth-order valence-corrected chi connectivity index (χ4v) is 2.41. The number of halogens is 4. The number of hydrogen-bond donors (Lipinski definition) is 1. The summed E-state index contributed by atoms with van der Waals surface area (Å²) in [4.78, 5) is 11.8. The van der Waals surface area contributed by atoms with Crippen molar-refractivity contribution < 1.29 is 18.0 Å². The molecule has 0 aliphatic heterocycles. The van der Waals surface area contributed by atoms with E-state index in [1.54, 1.807) is 7.05 Å². The summed E-state index contributed by atoms with van der Waals surface area (Å²) in [7, 11) is 1.58. The van der Waals surface area contributed by atoms with Crippen LogP contribution in [0.25, 0.3) is 0 Å². The van der Waals surface area contributed by atoms with E-state index >= 15 is 0 Å². The van der Waals surface area contributed by atoms with Crippen LogP contribution in [0.15, 0.2) is 23.4 Å². The Morgan fingerprint density at radius 1 is 1.45 bits per heavy atom. The Hall–Kier alpha value is -1.81. The zero-order valence-electron chi connectivity index (χ0n) is 11.1. The van der Waals surface area contributed by atoms with Crippen LogP contribution in [0, 0.1) is 0 Å². The van der Waals surface area contributed by atoms with Gasteiger partial charge in [-0.2, -0.15) is 13.2 Å². The summed E-state index contributed by atoms with van der Waals surface area (Å²) in [6.45, 7) is 0. The van der Waals surface area contributed by atoms with E-state index in [1.807, 2.05) is 0 Å². The van der Waals surface area contributed by atoms with Gasteiger partial charge in [0, 0.05) is 7.05 Å². The van der Waals surface area contributed by atoms with E-state index < -0.39 is 23.3 Å². The largest absolute Gasteiger partial charge is 0.418 e. The monoisotopic (exact) mass is 351 g/mol. The van der Waals surface area contributed by atoms with Crippen LogP contribution in [0.2, 0.25) is 5.02 Å². The van der Waals surface area contributed by atoms with E-state index in [0.29, 0.717) is 5.16 Å². The van der Waals surface area contributed by atoms with Crippen molar-refractivity contribution in [2.75, 3.05) is 11.1 Å². The number of alkyl halides is 3. The Labute approximate surface area is 132 Å². The van der Waals surface area contributed by atoms with Gasteiger partial charge in [-0.05, 0) is 22.6 Å². The van der Waals surface area contributed by atoms with Gasteiger partial charge in [0.15, 0.2) is 0 Å². The molecule has 1 aromatic carbocycles. The minimum absolute atomic E-state index is 0.156. The molecule has 0 unspecified atom stereocenters. The topological polar surface area (TPSA) is 72.7 Å². The van der Waals surface area contributed by atoms with E-state index in [9.17, 15) is 18.0 Å². The molecule has 0 saturated carbocycles. The molecule has 0 saturated heterocycles. The SMILES string of the molecule is Cn1nnnc1SCC(=O)Nc1c(Cl)cccc1C(F)(F)F. The lowest BCUT2D eigenvalue weighted by molar-refractivity contribution is -0.137. The van der Waals surface area contributed by atoms with Gasteiger partial charge >= 0.3 is 6.18 Å². The van der Waals surface area contributed by atoms with Gasteiger partial charge in [-0.1, -0.05) is 29.4 Å². The van der Waals surface area contributed by atoms with Gasteiger partial charge < -0.3 is 5.32 Å². The number of tetrazole rings is 1. The molecule has 1 amide bonds. The first-order valence-corrected chi connectivity index (χ1v) is 7.16. The van der Waals surface area contributed by atoms with E-state index in [2.05, 4.69) is 20.8 Å². The van der Waals surface area contributed by atoms with Gasteiger partial charge in [-0.15, -0.1) is 5.10 Å². The van der Waals surface area contributed by atoms with Crippen LogP contribution in [0.3, 0.4) is 0 Å². The van der Waals surface area contributed by atoms with Crippen molar-refractivity contribution in [3.8, 4) is 0 Å². The Morgan fingerprint density at radius 3 is 2.77 bits per heavy atom. The number of carbonyl (C=O) groups excluding carboxylic acids is 1. The van der Waals surface area contributed by atoms with Crippen LogP contribution in [-0.2, 0) is 18.0 Å². The number of amides is 1. The normalized spacial score (nSPS) is 11.5. The average Bonchev–Trinajstić information content (AvgIpc) is 2.83. The van der Waals surface area contributed by atoms with Gasteiger partial charge in [0.25, 0.3) is 0 Å². The number of para-hydroxylation sites is 1.